The molecule has 8 nitrogen and oxygen atoms in total. The monoisotopic (exact) mass is 501 g/mol. The van der Waals surface area contributed by atoms with Gasteiger partial charge in [-0.2, -0.15) is 0 Å². The standard InChI is InChI=1S/C26H35N3O5S/c1-4-34-25(30)20-6-9-22(10-7-20)27-26(35)29(13-5-12-28-14-16-33-17-15-28)19-21-8-11-23(31-2)18-24(21)32-3/h6-11,18H,4-5,12-17,19H2,1-3H3,(H,27,35). The molecular weight excluding hydrogens is 466 g/mol. The van der Waals surface area contributed by atoms with Crippen molar-refractivity contribution in [2.45, 2.75) is 19.9 Å². The summed E-state index contributed by atoms with van der Waals surface area (Å²) >= 11 is 5.80. The Kier molecular flexibility index (Phi) is 10.6. The van der Waals surface area contributed by atoms with Gasteiger partial charge < -0.3 is 29.2 Å². The molecule has 1 N–H and O–H groups in total. The topological polar surface area (TPSA) is 72.5 Å². The smallest absolute Gasteiger partial charge is 0.338 e. The van der Waals surface area contributed by atoms with Crippen molar-refractivity contribution in [3.63, 3.8) is 0 Å². The molecule has 0 unspecified atom stereocenters. The van der Waals surface area contributed by atoms with Crippen molar-refractivity contribution in [2.75, 3.05) is 65.5 Å². The number of methoxy groups -OCH3 is 2. The van der Waals surface area contributed by atoms with Crippen LogP contribution in [0, 0.1) is 0 Å². The van der Waals surface area contributed by atoms with Crippen LogP contribution in [0.25, 0.3) is 0 Å². The first-order valence-electron chi connectivity index (χ1n) is 11.9. The minimum Gasteiger partial charge on any atom is -0.497 e. The van der Waals surface area contributed by atoms with E-state index in [0.717, 1.165) is 68.6 Å². The molecule has 0 aliphatic carbocycles. The number of carbonyl (C=O) groups excluding carboxylic acids is 1. The molecule has 0 spiro atoms. The molecule has 35 heavy (non-hydrogen) atoms. The summed E-state index contributed by atoms with van der Waals surface area (Å²) in [7, 11) is 3.29. The molecule has 0 saturated carbocycles. The summed E-state index contributed by atoms with van der Waals surface area (Å²) in [6.07, 6.45) is 0.960. The third kappa shape index (κ3) is 8.09. The van der Waals surface area contributed by atoms with Crippen LogP contribution in [0.5, 0.6) is 11.5 Å². The Morgan fingerprint density at radius 3 is 2.51 bits per heavy atom. The first-order chi connectivity index (χ1) is 17.0. The number of rotatable bonds is 11. The molecule has 1 heterocycles. The highest BCUT2D eigenvalue weighted by Crippen LogP contribution is 2.26. The van der Waals surface area contributed by atoms with Crippen molar-refractivity contribution < 1.29 is 23.7 Å². The Labute approximate surface area is 213 Å². The average Bonchev–Trinajstić information content (AvgIpc) is 2.89. The van der Waals surface area contributed by atoms with Crippen molar-refractivity contribution in [1.82, 2.24) is 9.80 Å². The molecule has 1 saturated heterocycles. The number of carbonyl (C=O) groups is 1. The van der Waals surface area contributed by atoms with Gasteiger partial charge in [0, 0.05) is 50.0 Å². The maximum absolute atomic E-state index is 11.9. The Bertz CT molecular complexity index is 964. The Morgan fingerprint density at radius 2 is 1.86 bits per heavy atom. The number of esters is 1. The Hall–Kier alpha value is -2.88. The first-order valence-corrected chi connectivity index (χ1v) is 12.3. The summed E-state index contributed by atoms with van der Waals surface area (Å²) in [5.41, 5.74) is 2.33. The van der Waals surface area contributed by atoms with Crippen LogP contribution in [0.4, 0.5) is 5.69 Å². The molecule has 0 aromatic heterocycles. The fourth-order valence-corrected chi connectivity index (χ4v) is 4.13. The molecule has 9 heteroatoms. The zero-order chi connectivity index (χ0) is 25.0. The predicted octanol–water partition coefficient (Wildman–Crippen LogP) is 3.80. The Morgan fingerprint density at radius 1 is 1.11 bits per heavy atom. The van der Waals surface area contributed by atoms with Gasteiger partial charge in [0.2, 0.25) is 0 Å². The van der Waals surface area contributed by atoms with Crippen LogP contribution in [0.15, 0.2) is 42.5 Å². The van der Waals surface area contributed by atoms with Crippen LogP contribution in [0.3, 0.4) is 0 Å². The van der Waals surface area contributed by atoms with Crippen molar-refractivity contribution in [2.24, 2.45) is 0 Å². The normalized spacial score (nSPS) is 13.7. The van der Waals surface area contributed by atoms with E-state index in [1.807, 2.05) is 30.3 Å². The summed E-state index contributed by atoms with van der Waals surface area (Å²) in [4.78, 5) is 16.5. The summed E-state index contributed by atoms with van der Waals surface area (Å²) in [5, 5.41) is 3.92. The zero-order valence-electron chi connectivity index (χ0n) is 20.7. The van der Waals surface area contributed by atoms with Crippen LogP contribution in [0.1, 0.15) is 29.3 Å². The molecular formula is C26H35N3O5S. The molecule has 2 aromatic carbocycles. The van der Waals surface area contributed by atoms with Crippen LogP contribution in [-0.4, -0.2) is 81.1 Å². The highest BCUT2D eigenvalue weighted by molar-refractivity contribution is 7.80. The lowest BCUT2D eigenvalue weighted by Crippen LogP contribution is -2.40. The third-order valence-electron chi connectivity index (χ3n) is 5.80. The van der Waals surface area contributed by atoms with Gasteiger partial charge in [0.1, 0.15) is 11.5 Å². The molecule has 1 aliphatic rings. The summed E-state index contributed by atoms with van der Waals surface area (Å²) in [6.45, 7) is 7.97. The largest absolute Gasteiger partial charge is 0.497 e. The third-order valence-corrected chi connectivity index (χ3v) is 6.16. The molecule has 0 amide bonds. The first kappa shape index (κ1) is 26.7. The number of hydrogen-bond donors (Lipinski definition) is 1. The lowest BCUT2D eigenvalue weighted by atomic mass is 10.1. The SMILES string of the molecule is CCOC(=O)c1ccc(NC(=S)N(CCCN2CCOCC2)Cc2ccc(OC)cc2OC)cc1. The minimum atomic E-state index is -0.335. The second-order valence-corrected chi connectivity index (χ2v) is 8.52. The van der Waals surface area contributed by atoms with E-state index in [2.05, 4.69) is 15.1 Å². The van der Waals surface area contributed by atoms with E-state index in [-0.39, 0.29) is 5.97 Å². The maximum atomic E-state index is 11.9. The summed E-state index contributed by atoms with van der Waals surface area (Å²) < 4.78 is 21.5. The summed E-state index contributed by atoms with van der Waals surface area (Å²) in [6, 6.07) is 12.9. The van der Waals surface area contributed by atoms with Gasteiger partial charge in [-0.1, -0.05) is 0 Å². The van der Waals surface area contributed by atoms with Crippen LogP contribution >= 0.6 is 12.2 Å². The van der Waals surface area contributed by atoms with E-state index in [1.165, 1.54) is 0 Å². The molecule has 190 valence electrons. The van der Waals surface area contributed by atoms with Gasteiger partial charge in [-0.3, -0.25) is 4.90 Å². The molecule has 0 atom stereocenters. The van der Waals surface area contributed by atoms with E-state index in [0.29, 0.717) is 23.8 Å². The number of morpholine rings is 1. The molecule has 0 radical (unpaired) electrons. The maximum Gasteiger partial charge on any atom is 0.338 e. The zero-order valence-corrected chi connectivity index (χ0v) is 21.6. The second-order valence-electron chi connectivity index (χ2n) is 8.13. The highest BCUT2D eigenvalue weighted by atomic mass is 32.1. The average molecular weight is 502 g/mol. The lowest BCUT2D eigenvalue weighted by molar-refractivity contribution is 0.0367. The van der Waals surface area contributed by atoms with Gasteiger partial charge in [-0.05, 0) is 62.0 Å². The fraction of sp³-hybridized carbons (Fsp3) is 0.462. The molecule has 2 aromatic rings. The van der Waals surface area contributed by atoms with Gasteiger partial charge in [-0.25, -0.2) is 4.79 Å². The molecule has 3 rings (SSSR count). The number of ether oxygens (including phenoxy) is 4. The van der Waals surface area contributed by atoms with Gasteiger partial charge in [-0.15, -0.1) is 0 Å². The van der Waals surface area contributed by atoms with Crippen molar-refractivity contribution in [3.8, 4) is 11.5 Å². The minimum absolute atomic E-state index is 0.335. The fourth-order valence-electron chi connectivity index (χ4n) is 3.86. The Balaban J connectivity index is 1.69. The van der Waals surface area contributed by atoms with Crippen molar-refractivity contribution in [3.05, 3.63) is 53.6 Å². The molecule has 1 fully saturated rings. The molecule has 1 aliphatic heterocycles. The number of benzene rings is 2. The number of hydrogen-bond acceptors (Lipinski definition) is 7. The van der Waals surface area contributed by atoms with Gasteiger partial charge in [0.25, 0.3) is 0 Å². The van der Waals surface area contributed by atoms with E-state index in [4.69, 9.17) is 31.2 Å². The van der Waals surface area contributed by atoms with Crippen LogP contribution in [-0.2, 0) is 16.0 Å². The quantitative estimate of drug-likeness (QED) is 0.366. The van der Waals surface area contributed by atoms with E-state index < -0.39 is 0 Å². The van der Waals surface area contributed by atoms with Gasteiger partial charge in [0.05, 0.1) is 39.6 Å². The highest BCUT2D eigenvalue weighted by Gasteiger charge is 2.16. The number of nitrogens with zero attached hydrogens (tertiary/aromatic N) is 2. The van der Waals surface area contributed by atoms with Gasteiger partial charge in [0.15, 0.2) is 5.11 Å². The van der Waals surface area contributed by atoms with Crippen LogP contribution < -0.4 is 14.8 Å². The van der Waals surface area contributed by atoms with Crippen LogP contribution in [0.2, 0.25) is 0 Å². The number of nitrogens with one attached hydrogen (secondary N) is 1. The number of thiocarbonyl (C=S) groups is 1. The van der Waals surface area contributed by atoms with Crippen molar-refractivity contribution >= 4 is 29.0 Å². The van der Waals surface area contributed by atoms with E-state index >= 15 is 0 Å². The predicted molar refractivity (Wildman–Crippen MR) is 140 cm³/mol. The van der Waals surface area contributed by atoms with E-state index in [1.54, 1.807) is 33.3 Å². The number of anilines is 1. The van der Waals surface area contributed by atoms with Gasteiger partial charge >= 0.3 is 5.97 Å². The molecule has 0 bridgehead atoms. The lowest BCUT2D eigenvalue weighted by Gasteiger charge is -2.30. The van der Waals surface area contributed by atoms with Crippen molar-refractivity contribution in [1.29, 1.82) is 0 Å². The summed E-state index contributed by atoms with van der Waals surface area (Å²) in [5.74, 6) is 1.16. The van der Waals surface area contributed by atoms with E-state index in [9.17, 15) is 4.79 Å². The second kappa shape index (κ2) is 13.9.